The molecule has 0 aliphatic heterocycles. The molecule has 172 valence electrons. The third-order valence-electron chi connectivity index (χ3n) is 4.79. The highest BCUT2D eigenvalue weighted by Crippen LogP contribution is 2.26. The van der Waals surface area contributed by atoms with Gasteiger partial charge in [0.2, 0.25) is 10.0 Å². The lowest BCUT2D eigenvalue weighted by Crippen LogP contribution is -2.24. The maximum atomic E-state index is 13.1. The summed E-state index contributed by atoms with van der Waals surface area (Å²) in [6.45, 7) is 6.82. The van der Waals surface area contributed by atoms with Crippen LogP contribution < -0.4 is 10.3 Å². The maximum absolute atomic E-state index is 13.1. The van der Waals surface area contributed by atoms with Gasteiger partial charge < -0.3 is 0 Å². The van der Waals surface area contributed by atoms with Gasteiger partial charge in [-0.25, -0.2) is 13.4 Å². The van der Waals surface area contributed by atoms with Crippen LogP contribution in [0.1, 0.15) is 42.4 Å². The highest BCUT2D eigenvalue weighted by atomic mass is 32.2. The molecule has 0 saturated heterocycles. The molecule has 0 fully saturated rings. The van der Waals surface area contributed by atoms with Crippen molar-refractivity contribution in [3.8, 4) is 0 Å². The number of benzene rings is 1. The van der Waals surface area contributed by atoms with Crippen molar-refractivity contribution in [2.45, 2.75) is 45.3 Å². The van der Waals surface area contributed by atoms with Crippen LogP contribution in [0.4, 0.5) is 5.69 Å². The van der Waals surface area contributed by atoms with Gasteiger partial charge in [-0.3, -0.25) is 18.9 Å². The number of ketones is 1. The van der Waals surface area contributed by atoms with E-state index in [1.54, 1.807) is 28.8 Å². The van der Waals surface area contributed by atoms with Gasteiger partial charge >= 0.3 is 0 Å². The minimum atomic E-state index is -3.37. The van der Waals surface area contributed by atoms with Crippen molar-refractivity contribution in [1.29, 1.82) is 0 Å². The van der Waals surface area contributed by atoms with Crippen LogP contribution in [0.5, 0.6) is 0 Å². The second kappa shape index (κ2) is 10.2. The van der Waals surface area contributed by atoms with E-state index in [9.17, 15) is 18.0 Å². The van der Waals surface area contributed by atoms with Crippen molar-refractivity contribution in [2.75, 3.05) is 16.7 Å². The van der Waals surface area contributed by atoms with Crippen molar-refractivity contribution < 1.29 is 13.2 Å². The Balaban J connectivity index is 1.83. The average Bonchev–Trinajstić information content (AvgIpc) is 3.14. The second-order valence-corrected chi connectivity index (χ2v) is 11.8. The standard InChI is InChI=1S/C22H27N3O4S3/c1-5-17-12-18-20(31-17)23-22(25(21(18)27)11-10-14(2)3)30-13-19(26)15-6-8-16(9-7-15)24-32(4,28)29/h6-9,12,14,24H,5,10-11,13H2,1-4H3. The van der Waals surface area contributed by atoms with Gasteiger partial charge in [0.25, 0.3) is 5.56 Å². The van der Waals surface area contributed by atoms with Gasteiger partial charge in [-0.2, -0.15) is 0 Å². The summed E-state index contributed by atoms with van der Waals surface area (Å²) in [4.78, 5) is 32.4. The van der Waals surface area contributed by atoms with Crippen molar-refractivity contribution in [1.82, 2.24) is 9.55 Å². The lowest BCUT2D eigenvalue weighted by Gasteiger charge is -2.13. The Morgan fingerprint density at radius 2 is 1.94 bits per heavy atom. The first-order valence-corrected chi connectivity index (χ1v) is 14.0. The predicted molar refractivity (Wildman–Crippen MR) is 133 cm³/mol. The highest BCUT2D eigenvalue weighted by molar-refractivity contribution is 7.99. The number of fused-ring (bicyclic) bond motifs is 1. The van der Waals surface area contributed by atoms with Gasteiger partial charge in [0.05, 0.1) is 17.4 Å². The molecule has 0 radical (unpaired) electrons. The third kappa shape index (κ3) is 6.20. The van der Waals surface area contributed by atoms with E-state index in [0.29, 0.717) is 39.1 Å². The summed E-state index contributed by atoms with van der Waals surface area (Å²) >= 11 is 2.78. The zero-order valence-electron chi connectivity index (χ0n) is 18.5. The summed E-state index contributed by atoms with van der Waals surface area (Å²) in [6, 6.07) is 8.21. The molecule has 2 aromatic heterocycles. The summed E-state index contributed by atoms with van der Waals surface area (Å²) in [5.41, 5.74) is 0.812. The lowest BCUT2D eigenvalue weighted by atomic mass is 10.1. The highest BCUT2D eigenvalue weighted by Gasteiger charge is 2.16. The Hall–Kier alpha value is -2.17. The summed E-state index contributed by atoms with van der Waals surface area (Å²) in [5, 5.41) is 1.19. The Labute approximate surface area is 196 Å². The third-order valence-corrected chi connectivity index (χ3v) is 7.54. The molecule has 10 heteroatoms. The fourth-order valence-corrected chi connectivity index (χ4v) is 5.56. The van der Waals surface area contributed by atoms with Crippen LogP contribution in [-0.4, -0.2) is 35.8 Å². The van der Waals surface area contributed by atoms with E-state index in [4.69, 9.17) is 4.98 Å². The number of aryl methyl sites for hydroxylation is 1. The summed E-state index contributed by atoms with van der Waals surface area (Å²) in [6.07, 6.45) is 2.76. The number of rotatable bonds is 10. The number of carbonyl (C=O) groups excluding carboxylic acids is 1. The van der Waals surface area contributed by atoms with Crippen LogP contribution in [0.2, 0.25) is 0 Å². The fraction of sp³-hybridized carbons (Fsp3) is 0.409. The van der Waals surface area contributed by atoms with Gasteiger partial charge in [0.1, 0.15) is 4.83 Å². The molecule has 0 bridgehead atoms. The second-order valence-electron chi connectivity index (χ2n) is 7.98. The molecule has 3 aromatic rings. The van der Waals surface area contributed by atoms with Crippen LogP contribution in [0.3, 0.4) is 0 Å². The Morgan fingerprint density at radius 3 is 2.53 bits per heavy atom. The minimum Gasteiger partial charge on any atom is -0.293 e. The molecule has 0 aliphatic rings. The van der Waals surface area contributed by atoms with Crippen molar-refractivity contribution in [3.63, 3.8) is 0 Å². The largest absolute Gasteiger partial charge is 0.293 e. The zero-order valence-corrected chi connectivity index (χ0v) is 21.0. The first-order chi connectivity index (χ1) is 15.1. The molecule has 2 heterocycles. The molecule has 7 nitrogen and oxygen atoms in total. The Bertz CT molecular complexity index is 1280. The molecule has 0 saturated carbocycles. The van der Waals surface area contributed by atoms with E-state index in [2.05, 4.69) is 18.6 Å². The molecule has 0 aliphatic carbocycles. The molecular weight excluding hydrogens is 466 g/mol. The molecule has 3 rings (SSSR count). The summed E-state index contributed by atoms with van der Waals surface area (Å²) < 4.78 is 26.7. The van der Waals surface area contributed by atoms with Gasteiger partial charge in [-0.1, -0.05) is 32.5 Å². The smallest absolute Gasteiger partial charge is 0.262 e. The number of Topliss-reactive ketones (excluding diaryl/α,β-unsaturated/α-hetero) is 1. The topological polar surface area (TPSA) is 98.1 Å². The number of sulfonamides is 1. The van der Waals surface area contributed by atoms with Crippen molar-refractivity contribution in [3.05, 3.63) is 51.1 Å². The number of hydrogen-bond donors (Lipinski definition) is 1. The SMILES string of the molecule is CCc1cc2c(=O)n(CCC(C)C)c(SCC(=O)c3ccc(NS(C)(=O)=O)cc3)nc2s1. The monoisotopic (exact) mass is 493 g/mol. The number of thiophene rings is 1. The van der Waals surface area contributed by atoms with Crippen molar-refractivity contribution in [2.24, 2.45) is 5.92 Å². The molecule has 1 aromatic carbocycles. The molecular formula is C22H27N3O4S3. The van der Waals surface area contributed by atoms with Crippen LogP contribution in [0.15, 0.2) is 40.3 Å². The number of aromatic nitrogens is 2. The summed E-state index contributed by atoms with van der Waals surface area (Å²) in [7, 11) is -3.37. The quantitative estimate of drug-likeness (QED) is 0.255. The van der Waals surface area contributed by atoms with Crippen LogP contribution >= 0.6 is 23.1 Å². The zero-order chi connectivity index (χ0) is 23.5. The Morgan fingerprint density at radius 1 is 1.25 bits per heavy atom. The van der Waals surface area contributed by atoms with E-state index in [1.807, 2.05) is 13.0 Å². The Kier molecular flexibility index (Phi) is 7.79. The molecule has 0 atom stereocenters. The first kappa shape index (κ1) is 24.5. The predicted octanol–water partition coefficient (Wildman–Crippen LogP) is 4.41. The van der Waals surface area contributed by atoms with Gasteiger partial charge in [-0.05, 0) is 49.1 Å². The van der Waals surface area contributed by atoms with E-state index in [0.717, 1.165) is 24.0 Å². The number of anilines is 1. The molecule has 32 heavy (non-hydrogen) atoms. The van der Waals surface area contributed by atoms with E-state index < -0.39 is 10.0 Å². The molecule has 0 amide bonds. The minimum absolute atomic E-state index is 0.0576. The van der Waals surface area contributed by atoms with Gasteiger partial charge in [0.15, 0.2) is 10.9 Å². The lowest BCUT2D eigenvalue weighted by molar-refractivity contribution is 0.102. The van der Waals surface area contributed by atoms with E-state index >= 15 is 0 Å². The van der Waals surface area contributed by atoms with Gasteiger partial charge in [0, 0.05) is 22.7 Å². The fourth-order valence-electron chi connectivity index (χ4n) is 3.07. The molecule has 0 spiro atoms. The number of thioether (sulfide) groups is 1. The summed E-state index contributed by atoms with van der Waals surface area (Å²) in [5.74, 6) is 0.445. The van der Waals surface area contributed by atoms with Crippen LogP contribution in [0.25, 0.3) is 10.2 Å². The van der Waals surface area contributed by atoms with Crippen molar-refractivity contribution >= 4 is 54.8 Å². The van der Waals surface area contributed by atoms with E-state index in [-0.39, 0.29) is 17.1 Å². The average molecular weight is 494 g/mol. The van der Waals surface area contributed by atoms with Gasteiger partial charge in [-0.15, -0.1) is 11.3 Å². The number of nitrogens with one attached hydrogen (secondary N) is 1. The number of hydrogen-bond acceptors (Lipinski definition) is 7. The van der Waals surface area contributed by atoms with Crippen LogP contribution in [0, 0.1) is 5.92 Å². The first-order valence-electron chi connectivity index (χ1n) is 10.3. The molecule has 0 unspecified atom stereocenters. The maximum Gasteiger partial charge on any atom is 0.262 e. The van der Waals surface area contributed by atoms with E-state index in [1.165, 1.54) is 23.1 Å². The normalized spacial score (nSPS) is 11.9. The number of nitrogens with zero attached hydrogens (tertiary/aromatic N) is 2. The van der Waals surface area contributed by atoms with Crippen LogP contribution in [-0.2, 0) is 23.0 Å². The molecule has 1 N–H and O–H groups in total. The number of carbonyl (C=O) groups is 1.